The van der Waals surface area contributed by atoms with Crippen LogP contribution in [0.3, 0.4) is 0 Å². The smallest absolute Gasteiger partial charge is 0.123 e. The Labute approximate surface area is 100 Å². The zero-order valence-corrected chi connectivity index (χ0v) is 10.3. The average molecular weight is 233 g/mol. The van der Waals surface area contributed by atoms with Gasteiger partial charge in [-0.3, -0.25) is 0 Å². The van der Waals surface area contributed by atoms with E-state index in [0.29, 0.717) is 0 Å². The summed E-state index contributed by atoms with van der Waals surface area (Å²) in [5.74, 6) is 1.46. The molecule has 2 nitrogen and oxygen atoms in total. The van der Waals surface area contributed by atoms with Crippen molar-refractivity contribution in [1.82, 2.24) is 0 Å². The Morgan fingerprint density at radius 2 is 1.65 bits per heavy atom. The summed E-state index contributed by atoms with van der Waals surface area (Å²) >= 11 is 0. The predicted octanol–water partition coefficient (Wildman–Crippen LogP) is 3.39. The van der Waals surface area contributed by atoms with Crippen LogP contribution in [0.5, 0.6) is 0 Å². The Balaban J connectivity index is 2.43. The summed E-state index contributed by atoms with van der Waals surface area (Å²) in [6.45, 7) is 5.81. The summed E-state index contributed by atoms with van der Waals surface area (Å²) < 4.78 is 18.4. The van der Waals surface area contributed by atoms with Gasteiger partial charge in [-0.25, -0.2) is 4.39 Å². The van der Waals surface area contributed by atoms with Crippen LogP contribution < -0.4 is 5.73 Å². The van der Waals surface area contributed by atoms with Gasteiger partial charge in [-0.15, -0.1) is 0 Å². The summed E-state index contributed by atoms with van der Waals surface area (Å²) in [6.07, 6.45) is 0. The minimum Gasteiger partial charge on any atom is -0.466 e. The van der Waals surface area contributed by atoms with Gasteiger partial charge in [0.05, 0.1) is 6.04 Å². The van der Waals surface area contributed by atoms with E-state index in [4.69, 9.17) is 10.2 Å². The van der Waals surface area contributed by atoms with E-state index in [0.717, 1.165) is 28.2 Å². The van der Waals surface area contributed by atoms with Crippen molar-refractivity contribution in [2.75, 3.05) is 0 Å². The molecule has 0 amide bonds. The third-order valence-electron chi connectivity index (χ3n) is 3.16. The predicted molar refractivity (Wildman–Crippen MR) is 65.3 cm³/mol. The first-order valence-corrected chi connectivity index (χ1v) is 5.58. The van der Waals surface area contributed by atoms with Crippen LogP contribution in [0.2, 0.25) is 0 Å². The summed E-state index contributed by atoms with van der Waals surface area (Å²) in [4.78, 5) is 0. The summed E-state index contributed by atoms with van der Waals surface area (Å²) in [6, 6.07) is 6.00. The zero-order chi connectivity index (χ0) is 12.6. The van der Waals surface area contributed by atoms with Crippen LogP contribution >= 0.6 is 0 Å². The van der Waals surface area contributed by atoms with Gasteiger partial charge in [0.1, 0.15) is 17.3 Å². The van der Waals surface area contributed by atoms with Gasteiger partial charge in [0.15, 0.2) is 0 Å². The van der Waals surface area contributed by atoms with E-state index in [9.17, 15) is 4.39 Å². The molecule has 0 aliphatic rings. The van der Waals surface area contributed by atoms with Gasteiger partial charge in [-0.05, 0) is 44.0 Å². The molecule has 1 aromatic carbocycles. The zero-order valence-electron chi connectivity index (χ0n) is 10.3. The number of benzene rings is 1. The molecule has 0 saturated carbocycles. The van der Waals surface area contributed by atoms with E-state index < -0.39 is 0 Å². The molecule has 1 heterocycles. The Kier molecular flexibility index (Phi) is 3.03. The van der Waals surface area contributed by atoms with E-state index in [1.165, 1.54) is 12.1 Å². The lowest BCUT2D eigenvalue weighted by Gasteiger charge is -2.12. The fourth-order valence-electron chi connectivity index (χ4n) is 2.10. The summed E-state index contributed by atoms with van der Waals surface area (Å²) in [5, 5.41) is 0. The number of aryl methyl sites for hydroxylation is 2. The van der Waals surface area contributed by atoms with Gasteiger partial charge in [-0.1, -0.05) is 12.1 Å². The van der Waals surface area contributed by atoms with E-state index in [2.05, 4.69) is 0 Å². The lowest BCUT2D eigenvalue weighted by Crippen LogP contribution is -2.13. The topological polar surface area (TPSA) is 39.2 Å². The molecule has 2 N–H and O–H groups in total. The Hall–Kier alpha value is -1.61. The second-order valence-electron chi connectivity index (χ2n) is 4.28. The first-order valence-electron chi connectivity index (χ1n) is 5.58. The van der Waals surface area contributed by atoms with Crippen molar-refractivity contribution >= 4 is 0 Å². The highest BCUT2D eigenvalue weighted by molar-refractivity contribution is 5.40. The van der Waals surface area contributed by atoms with Crippen LogP contribution in [0.25, 0.3) is 0 Å². The Morgan fingerprint density at radius 1 is 1.06 bits per heavy atom. The lowest BCUT2D eigenvalue weighted by molar-refractivity contribution is 0.498. The molecule has 0 fully saturated rings. The molecule has 90 valence electrons. The van der Waals surface area contributed by atoms with Crippen molar-refractivity contribution in [1.29, 1.82) is 0 Å². The molecule has 1 unspecified atom stereocenters. The van der Waals surface area contributed by atoms with Gasteiger partial charge in [-0.2, -0.15) is 0 Å². The minimum absolute atomic E-state index is 0.252. The maximum absolute atomic E-state index is 12.9. The highest BCUT2D eigenvalue weighted by Crippen LogP contribution is 2.29. The first-order chi connectivity index (χ1) is 8.00. The minimum atomic E-state index is -0.270. The van der Waals surface area contributed by atoms with Gasteiger partial charge in [0.25, 0.3) is 0 Å². The van der Waals surface area contributed by atoms with Crippen molar-refractivity contribution in [3.8, 4) is 0 Å². The molecule has 0 spiro atoms. The SMILES string of the molecule is Cc1oc(C)c(C(N)c2ccc(F)cc2)c1C. The van der Waals surface area contributed by atoms with Crippen LogP contribution in [0.1, 0.15) is 34.3 Å². The van der Waals surface area contributed by atoms with Crippen molar-refractivity contribution in [2.24, 2.45) is 5.73 Å². The van der Waals surface area contributed by atoms with Crippen LogP contribution in [0.4, 0.5) is 4.39 Å². The van der Waals surface area contributed by atoms with E-state index in [1.807, 2.05) is 20.8 Å². The molecule has 0 bridgehead atoms. The normalized spacial score (nSPS) is 12.8. The second-order valence-corrected chi connectivity index (χ2v) is 4.28. The van der Waals surface area contributed by atoms with Crippen LogP contribution in [-0.4, -0.2) is 0 Å². The maximum atomic E-state index is 12.9. The highest BCUT2D eigenvalue weighted by Gasteiger charge is 2.19. The number of nitrogens with two attached hydrogens (primary N) is 1. The largest absolute Gasteiger partial charge is 0.466 e. The monoisotopic (exact) mass is 233 g/mol. The van der Waals surface area contributed by atoms with E-state index in [1.54, 1.807) is 12.1 Å². The number of furan rings is 1. The molecular formula is C14H16FNO. The molecule has 0 aliphatic heterocycles. The van der Waals surface area contributed by atoms with E-state index >= 15 is 0 Å². The highest BCUT2D eigenvalue weighted by atomic mass is 19.1. The van der Waals surface area contributed by atoms with Crippen molar-refractivity contribution in [2.45, 2.75) is 26.8 Å². The van der Waals surface area contributed by atoms with Crippen LogP contribution in [0.15, 0.2) is 28.7 Å². The number of hydrogen-bond acceptors (Lipinski definition) is 2. The third-order valence-corrected chi connectivity index (χ3v) is 3.16. The lowest BCUT2D eigenvalue weighted by atomic mass is 9.96. The summed E-state index contributed by atoms with van der Waals surface area (Å²) in [7, 11) is 0. The number of rotatable bonds is 2. The summed E-state index contributed by atoms with van der Waals surface area (Å²) in [5.41, 5.74) is 9.15. The molecule has 2 aromatic rings. The molecule has 0 aliphatic carbocycles. The van der Waals surface area contributed by atoms with Crippen molar-refractivity contribution in [3.05, 3.63) is 58.3 Å². The quantitative estimate of drug-likeness (QED) is 0.863. The molecule has 1 aromatic heterocycles. The molecule has 0 radical (unpaired) electrons. The fraction of sp³-hybridized carbons (Fsp3) is 0.286. The first kappa shape index (κ1) is 11.9. The van der Waals surface area contributed by atoms with Crippen LogP contribution in [0, 0.1) is 26.6 Å². The number of hydrogen-bond donors (Lipinski definition) is 1. The molecular weight excluding hydrogens is 217 g/mol. The van der Waals surface area contributed by atoms with E-state index in [-0.39, 0.29) is 11.9 Å². The number of halogens is 1. The molecule has 0 saturated heterocycles. The average Bonchev–Trinajstić information content (AvgIpc) is 2.53. The van der Waals surface area contributed by atoms with Gasteiger partial charge in [0, 0.05) is 5.56 Å². The molecule has 2 rings (SSSR count). The molecule has 17 heavy (non-hydrogen) atoms. The van der Waals surface area contributed by atoms with Crippen molar-refractivity contribution < 1.29 is 8.81 Å². The van der Waals surface area contributed by atoms with Crippen LogP contribution in [-0.2, 0) is 0 Å². The Bertz CT molecular complexity index is 528. The third kappa shape index (κ3) is 2.11. The standard InChI is InChI=1S/C14H16FNO/c1-8-9(2)17-10(3)13(8)14(16)11-4-6-12(15)7-5-11/h4-7,14H,16H2,1-3H3. The molecule has 1 atom stereocenters. The van der Waals surface area contributed by atoms with Crippen molar-refractivity contribution in [3.63, 3.8) is 0 Å². The molecule has 3 heteroatoms. The Morgan fingerprint density at radius 3 is 2.12 bits per heavy atom. The van der Waals surface area contributed by atoms with Gasteiger partial charge in [0.2, 0.25) is 0 Å². The van der Waals surface area contributed by atoms with Gasteiger partial charge >= 0.3 is 0 Å². The fourth-order valence-corrected chi connectivity index (χ4v) is 2.10. The maximum Gasteiger partial charge on any atom is 0.123 e. The second kappa shape index (κ2) is 4.34. The van der Waals surface area contributed by atoms with Gasteiger partial charge < -0.3 is 10.2 Å².